The van der Waals surface area contributed by atoms with Gasteiger partial charge in [-0.2, -0.15) is 10.6 Å². The number of aromatic nitrogens is 3. The number of hydroxylamine groups is 2. The Morgan fingerprint density at radius 2 is 1.67 bits per heavy atom. The zero-order valence-electron chi connectivity index (χ0n) is 29.5. The third kappa shape index (κ3) is 9.98. The molecule has 3 aromatic carbocycles. The number of nitrogens with zero attached hydrogens (tertiary/aromatic N) is 3. The molecule has 1 fully saturated rings. The average Bonchev–Trinajstić information content (AvgIpc) is 3.88. The molecule has 7 N–H and O–H groups in total. The lowest BCUT2D eigenvalue weighted by Gasteiger charge is -2.30. The summed E-state index contributed by atoms with van der Waals surface area (Å²) in [5, 5.41) is 24.6. The van der Waals surface area contributed by atoms with E-state index in [2.05, 4.69) is 25.8 Å². The van der Waals surface area contributed by atoms with Gasteiger partial charge in [-0.15, -0.1) is 0 Å². The van der Waals surface area contributed by atoms with Gasteiger partial charge in [0.25, 0.3) is 21.8 Å². The van der Waals surface area contributed by atoms with Crippen molar-refractivity contribution in [3.8, 4) is 0 Å². The Kier molecular flexibility index (Phi) is 12.3. The van der Waals surface area contributed by atoms with Gasteiger partial charge in [-0.05, 0) is 55.2 Å². The predicted octanol–water partition coefficient (Wildman–Crippen LogP) is 2.38. The van der Waals surface area contributed by atoms with Crippen molar-refractivity contribution in [2.45, 2.75) is 67.7 Å². The molecule has 2 heterocycles. The van der Waals surface area contributed by atoms with Crippen molar-refractivity contribution in [1.82, 2.24) is 35.8 Å². The van der Waals surface area contributed by atoms with Crippen LogP contribution in [0.2, 0.25) is 0 Å². The quantitative estimate of drug-likeness (QED) is 0.0844. The van der Waals surface area contributed by atoms with Gasteiger partial charge in [0.1, 0.15) is 11.7 Å². The van der Waals surface area contributed by atoms with E-state index in [4.69, 9.17) is 15.4 Å². The fourth-order valence-corrected chi connectivity index (χ4v) is 7.49. The number of primary amides is 1. The molecule has 0 radical (unpaired) electrons. The Morgan fingerprint density at radius 1 is 0.945 bits per heavy atom. The van der Waals surface area contributed by atoms with Crippen LogP contribution in [0.25, 0.3) is 21.8 Å². The highest BCUT2D eigenvalue weighted by Gasteiger charge is 2.35. The van der Waals surface area contributed by atoms with E-state index in [9.17, 15) is 32.7 Å². The molecule has 18 heteroatoms. The van der Waals surface area contributed by atoms with Gasteiger partial charge in [0.2, 0.25) is 5.91 Å². The summed E-state index contributed by atoms with van der Waals surface area (Å²) in [5.74, 6) is -2.79. The fourth-order valence-electron chi connectivity index (χ4n) is 6.17. The summed E-state index contributed by atoms with van der Waals surface area (Å²) >= 11 is 0. The van der Waals surface area contributed by atoms with Crippen LogP contribution in [-0.2, 0) is 35.7 Å². The molecule has 0 saturated heterocycles. The van der Waals surface area contributed by atoms with Gasteiger partial charge in [0.05, 0.1) is 53.3 Å². The lowest BCUT2D eigenvalue weighted by molar-refractivity contribution is -0.145. The van der Waals surface area contributed by atoms with Crippen LogP contribution in [0.4, 0.5) is 4.79 Å². The maximum Gasteiger partial charge on any atom is 0.431 e. The molecule has 0 bridgehead atoms. The molecular formula is C37H40N8O9S. The fraction of sp³-hybridized carbons (Fsp3) is 0.297. The zero-order valence-corrected chi connectivity index (χ0v) is 30.3. The summed E-state index contributed by atoms with van der Waals surface area (Å²) in [7, 11) is -4.34. The van der Waals surface area contributed by atoms with Crippen LogP contribution in [-0.4, -0.2) is 87.8 Å². The molecule has 2 unspecified atom stereocenters. The number of amides is 4. The van der Waals surface area contributed by atoms with Crippen LogP contribution in [0.3, 0.4) is 0 Å². The number of fused-ring (bicyclic) bond motifs is 2. The van der Waals surface area contributed by atoms with Crippen molar-refractivity contribution in [2.24, 2.45) is 5.73 Å². The normalized spacial score (nSPS) is 15.0. The number of pyridine rings is 1. The molecule has 1 aliphatic rings. The topological polar surface area (TPSA) is 248 Å². The van der Waals surface area contributed by atoms with E-state index in [-0.39, 0.29) is 17.0 Å². The SMILES string of the molecule is NC(=O)C[C@@H](NC(=O)c1ccc2ccccc2n1)C(=O)NOC(=O)NC(Cc1ccccc1)C(O)CN(OC1CCCC1)S(=O)(=O)c1ccc2cn[nH]c2c1. The Hall–Kier alpha value is -5.95. The molecule has 4 amide bonds. The van der Waals surface area contributed by atoms with Crippen molar-refractivity contribution in [3.05, 3.63) is 102 Å². The molecule has 0 spiro atoms. The predicted molar refractivity (Wildman–Crippen MR) is 198 cm³/mol. The molecule has 55 heavy (non-hydrogen) atoms. The number of nitrogens with one attached hydrogen (secondary N) is 4. The summed E-state index contributed by atoms with van der Waals surface area (Å²) in [6.45, 7) is -0.584. The molecule has 2 aromatic heterocycles. The van der Waals surface area contributed by atoms with Crippen molar-refractivity contribution < 1.29 is 42.4 Å². The first-order valence-electron chi connectivity index (χ1n) is 17.5. The highest BCUT2D eigenvalue weighted by Crippen LogP contribution is 2.27. The monoisotopic (exact) mass is 772 g/mol. The zero-order chi connectivity index (χ0) is 39.0. The second kappa shape index (κ2) is 17.5. The number of aliphatic hydroxyl groups is 1. The number of para-hydroxylation sites is 1. The number of carbonyl (C=O) groups excluding carboxylic acids is 4. The van der Waals surface area contributed by atoms with Crippen LogP contribution < -0.4 is 21.8 Å². The van der Waals surface area contributed by atoms with Gasteiger partial charge >= 0.3 is 6.09 Å². The summed E-state index contributed by atoms with van der Waals surface area (Å²) in [5.41, 5.74) is 8.90. The largest absolute Gasteiger partial charge is 0.431 e. The highest BCUT2D eigenvalue weighted by atomic mass is 32.2. The number of sulfonamides is 1. The van der Waals surface area contributed by atoms with Gasteiger partial charge in [-0.3, -0.25) is 24.3 Å². The van der Waals surface area contributed by atoms with Gasteiger partial charge in [0, 0.05) is 10.8 Å². The van der Waals surface area contributed by atoms with E-state index >= 15 is 0 Å². The molecule has 6 rings (SSSR count). The first-order chi connectivity index (χ1) is 26.5. The number of aromatic amines is 1. The smallest absolute Gasteiger partial charge is 0.389 e. The van der Waals surface area contributed by atoms with E-state index in [0.29, 0.717) is 34.8 Å². The minimum Gasteiger partial charge on any atom is -0.389 e. The van der Waals surface area contributed by atoms with Crippen molar-refractivity contribution in [3.63, 3.8) is 0 Å². The Balaban J connectivity index is 1.15. The molecule has 1 aliphatic carbocycles. The van der Waals surface area contributed by atoms with E-state index in [0.717, 1.165) is 22.7 Å². The lowest BCUT2D eigenvalue weighted by Crippen LogP contribution is -2.53. The maximum atomic E-state index is 14.0. The molecule has 1 saturated carbocycles. The Morgan fingerprint density at radius 3 is 2.44 bits per heavy atom. The summed E-state index contributed by atoms with van der Waals surface area (Å²) in [6, 6.07) is 20.7. The highest BCUT2D eigenvalue weighted by molar-refractivity contribution is 7.89. The Labute approximate surface area is 315 Å². The van der Waals surface area contributed by atoms with E-state index in [1.165, 1.54) is 18.2 Å². The third-order valence-corrected chi connectivity index (χ3v) is 10.7. The lowest BCUT2D eigenvalue weighted by atomic mass is 10.0. The van der Waals surface area contributed by atoms with Crippen LogP contribution in [0.5, 0.6) is 0 Å². The number of aliphatic hydroxyl groups excluding tert-OH is 1. The number of hydrogen-bond donors (Lipinski definition) is 6. The number of nitrogens with two attached hydrogens (primary N) is 1. The maximum absolute atomic E-state index is 14.0. The number of carbonyl (C=O) groups is 4. The number of rotatable bonds is 15. The van der Waals surface area contributed by atoms with Crippen LogP contribution in [0.1, 0.15) is 48.2 Å². The molecular weight excluding hydrogens is 733 g/mol. The third-order valence-electron chi connectivity index (χ3n) is 9.05. The average molecular weight is 773 g/mol. The Bertz CT molecular complexity index is 2260. The van der Waals surface area contributed by atoms with Crippen LogP contribution in [0, 0.1) is 0 Å². The van der Waals surface area contributed by atoms with Crippen LogP contribution in [0.15, 0.2) is 96.0 Å². The first kappa shape index (κ1) is 38.8. The van der Waals surface area contributed by atoms with E-state index < -0.39 is 71.1 Å². The van der Waals surface area contributed by atoms with Gasteiger partial charge in [-0.25, -0.2) is 18.2 Å². The van der Waals surface area contributed by atoms with E-state index in [1.54, 1.807) is 60.8 Å². The van der Waals surface area contributed by atoms with Gasteiger partial charge < -0.3 is 26.3 Å². The molecule has 0 aliphatic heterocycles. The summed E-state index contributed by atoms with van der Waals surface area (Å²) < 4.78 is 28.7. The number of H-pyrrole nitrogens is 1. The van der Waals surface area contributed by atoms with Crippen molar-refractivity contribution >= 4 is 55.6 Å². The van der Waals surface area contributed by atoms with E-state index in [1.807, 2.05) is 17.6 Å². The molecule has 5 aromatic rings. The molecule has 3 atom stereocenters. The standard InChI is InChI=1S/C37H40N8O9S/c38-34(47)20-32(41-35(48)29-17-15-24-10-4-7-13-28(24)40-29)36(49)44-53-37(50)42-31(18-23-8-2-1-3-9-23)33(46)22-45(54-26-11-5-6-12-26)55(51,52)27-16-14-25-21-39-43-30(25)19-27/h1-4,7-10,13-17,19,21,26,31-33,46H,5-6,11-12,18,20,22H2,(H2,38,47)(H,39,43)(H,41,48)(H,42,50)(H,44,49)/t31?,32-,33?/m1/s1. The van der Waals surface area contributed by atoms with Crippen molar-refractivity contribution in [1.29, 1.82) is 0 Å². The summed E-state index contributed by atoms with van der Waals surface area (Å²) in [6.07, 6.45) is 0.668. The second-order valence-electron chi connectivity index (χ2n) is 13.1. The minimum atomic E-state index is -4.34. The molecule has 17 nitrogen and oxygen atoms in total. The van der Waals surface area contributed by atoms with Gasteiger partial charge in [0.15, 0.2) is 0 Å². The second-order valence-corrected chi connectivity index (χ2v) is 14.9. The van der Waals surface area contributed by atoms with Crippen molar-refractivity contribution in [2.75, 3.05) is 6.54 Å². The minimum absolute atomic E-state index is 0.0155. The molecule has 288 valence electrons. The summed E-state index contributed by atoms with van der Waals surface area (Å²) in [4.78, 5) is 66.2. The number of benzene rings is 3. The van der Waals surface area contributed by atoms with Gasteiger partial charge in [-0.1, -0.05) is 71.9 Å². The van der Waals surface area contributed by atoms with Crippen LogP contribution >= 0.6 is 0 Å². The first-order valence-corrected chi connectivity index (χ1v) is 19.0. The number of hydrogen-bond acceptors (Lipinski definition) is 11.